The van der Waals surface area contributed by atoms with Crippen molar-refractivity contribution in [1.82, 2.24) is 24.9 Å². The van der Waals surface area contributed by atoms with E-state index in [2.05, 4.69) is 44.3 Å². The average molecular weight is 476 g/mol. The van der Waals surface area contributed by atoms with Crippen molar-refractivity contribution in [2.45, 2.75) is 26.7 Å². The number of carbonyl (C=O) groups excluding carboxylic acids is 1. The minimum absolute atomic E-state index is 0.207. The second kappa shape index (κ2) is 10.4. The molecule has 9 nitrogen and oxygen atoms in total. The van der Waals surface area contributed by atoms with Gasteiger partial charge in [-0.1, -0.05) is 18.2 Å². The summed E-state index contributed by atoms with van der Waals surface area (Å²) < 4.78 is 7.25. The Bertz CT molecular complexity index is 1130. The van der Waals surface area contributed by atoms with E-state index in [9.17, 15) is 4.79 Å². The summed E-state index contributed by atoms with van der Waals surface area (Å²) in [5.74, 6) is 1.76. The fraction of sp³-hybridized carbons (Fsp3) is 0.462. The first-order valence-corrected chi connectivity index (χ1v) is 12.4. The van der Waals surface area contributed by atoms with Crippen LogP contribution in [0.1, 0.15) is 23.4 Å². The number of ether oxygens (including phenoxy) is 1. The molecule has 0 unspecified atom stereocenters. The van der Waals surface area contributed by atoms with E-state index in [1.807, 2.05) is 41.6 Å². The van der Waals surface area contributed by atoms with Crippen LogP contribution in [0.3, 0.4) is 0 Å². The molecule has 4 heterocycles. The van der Waals surface area contributed by atoms with Crippen LogP contribution in [0.5, 0.6) is 0 Å². The molecule has 0 saturated carbocycles. The molecule has 0 aliphatic carbocycles. The van der Waals surface area contributed by atoms with Gasteiger partial charge in [0.25, 0.3) is 0 Å². The highest BCUT2D eigenvalue weighted by Gasteiger charge is 2.22. The van der Waals surface area contributed by atoms with E-state index in [-0.39, 0.29) is 5.91 Å². The number of benzene rings is 1. The van der Waals surface area contributed by atoms with Gasteiger partial charge in [-0.3, -0.25) is 4.79 Å². The normalized spacial score (nSPS) is 16.6. The summed E-state index contributed by atoms with van der Waals surface area (Å²) in [6.45, 7) is 10.4. The Morgan fingerprint density at radius 2 is 1.54 bits per heavy atom. The predicted molar refractivity (Wildman–Crippen MR) is 135 cm³/mol. The Kier molecular flexibility index (Phi) is 6.94. The molecule has 2 saturated heterocycles. The number of aromatic nitrogens is 4. The highest BCUT2D eigenvalue weighted by Crippen LogP contribution is 2.21. The predicted octanol–water partition coefficient (Wildman–Crippen LogP) is 2.40. The molecule has 2 aliphatic heterocycles. The molecular formula is C26H33N7O2. The van der Waals surface area contributed by atoms with Crippen molar-refractivity contribution in [1.29, 1.82) is 0 Å². The minimum atomic E-state index is 0.207. The van der Waals surface area contributed by atoms with Crippen molar-refractivity contribution in [2.24, 2.45) is 0 Å². The van der Waals surface area contributed by atoms with Gasteiger partial charge >= 0.3 is 0 Å². The number of anilines is 2. The van der Waals surface area contributed by atoms with Crippen LogP contribution < -0.4 is 9.80 Å². The molecule has 0 N–H and O–H groups in total. The Morgan fingerprint density at radius 1 is 0.857 bits per heavy atom. The largest absolute Gasteiger partial charge is 0.378 e. The summed E-state index contributed by atoms with van der Waals surface area (Å²) >= 11 is 0. The number of carbonyl (C=O) groups is 1. The van der Waals surface area contributed by atoms with Gasteiger partial charge in [0.1, 0.15) is 0 Å². The molecule has 0 spiro atoms. The number of aryl methyl sites for hydroxylation is 1. The first-order chi connectivity index (χ1) is 17.1. The molecule has 5 rings (SSSR count). The van der Waals surface area contributed by atoms with E-state index in [0.29, 0.717) is 31.9 Å². The first-order valence-electron chi connectivity index (χ1n) is 12.4. The Balaban J connectivity index is 1.18. The zero-order chi connectivity index (χ0) is 24.2. The zero-order valence-electron chi connectivity index (χ0n) is 20.6. The first kappa shape index (κ1) is 23.3. The molecule has 35 heavy (non-hydrogen) atoms. The van der Waals surface area contributed by atoms with Crippen LogP contribution in [0.2, 0.25) is 0 Å². The Morgan fingerprint density at radius 3 is 2.23 bits per heavy atom. The summed E-state index contributed by atoms with van der Waals surface area (Å²) in [7, 11) is 0. The molecule has 2 aliphatic rings. The van der Waals surface area contributed by atoms with Gasteiger partial charge < -0.3 is 19.4 Å². The fourth-order valence-electron chi connectivity index (χ4n) is 4.90. The van der Waals surface area contributed by atoms with Crippen LogP contribution in [0, 0.1) is 13.8 Å². The van der Waals surface area contributed by atoms with Crippen LogP contribution in [0.15, 0.2) is 42.5 Å². The van der Waals surface area contributed by atoms with E-state index in [4.69, 9.17) is 9.84 Å². The molecule has 184 valence electrons. The van der Waals surface area contributed by atoms with Crippen LogP contribution in [0.25, 0.3) is 5.82 Å². The topological polar surface area (TPSA) is 79.6 Å². The number of morpholine rings is 1. The maximum atomic E-state index is 12.9. The molecule has 1 aromatic carbocycles. The lowest BCUT2D eigenvalue weighted by Crippen LogP contribution is -2.48. The third-order valence-electron chi connectivity index (χ3n) is 6.97. The van der Waals surface area contributed by atoms with Crippen molar-refractivity contribution in [3.63, 3.8) is 0 Å². The highest BCUT2D eigenvalue weighted by atomic mass is 16.5. The molecule has 0 bridgehead atoms. The molecule has 0 atom stereocenters. The van der Waals surface area contributed by atoms with Crippen LogP contribution in [0.4, 0.5) is 11.5 Å². The molecule has 9 heteroatoms. The lowest BCUT2D eigenvalue weighted by Gasteiger charge is -2.36. The number of para-hydroxylation sites is 1. The smallest absolute Gasteiger partial charge is 0.223 e. The Labute approximate surface area is 206 Å². The lowest BCUT2D eigenvalue weighted by atomic mass is 10.1. The van der Waals surface area contributed by atoms with Gasteiger partial charge in [0, 0.05) is 57.1 Å². The molecule has 0 radical (unpaired) electrons. The van der Waals surface area contributed by atoms with Gasteiger partial charge in [-0.25, -0.2) is 4.68 Å². The Hall–Kier alpha value is -3.46. The van der Waals surface area contributed by atoms with Gasteiger partial charge in [-0.15, -0.1) is 10.2 Å². The van der Waals surface area contributed by atoms with E-state index >= 15 is 0 Å². The number of amides is 1. The van der Waals surface area contributed by atoms with Crippen molar-refractivity contribution >= 4 is 17.4 Å². The van der Waals surface area contributed by atoms with E-state index < -0.39 is 0 Å². The number of piperazine rings is 1. The highest BCUT2D eigenvalue weighted by molar-refractivity contribution is 5.77. The van der Waals surface area contributed by atoms with E-state index in [1.54, 1.807) is 0 Å². The quantitative estimate of drug-likeness (QED) is 0.542. The summed E-state index contributed by atoms with van der Waals surface area (Å²) in [6.07, 6.45) is 1.16. The molecule has 3 aromatic rings. The second-order valence-electron chi connectivity index (χ2n) is 9.11. The summed E-state index contributed by atoms with van der Waals surface area (Å²) in [5, 5.41) is 13.6. The fourth-order valence-corrected chi connectivity index (χ4v) is 4.90. The lowest BCUT2D eigenvalue weighted by molar-refractivity contribution is -0.131. The van der Waals surface area contributed by atoms with Gasteiger partial charge in [-0.2, -0.15) is 5.10 Å². The van der Waals surface area contributed by atoms with Crippen LogP contribution >= 0.6 is 0 Å². The summed E-state index contributed by atoms with van der Waals surface area (Å²) in [5.41, 5.74) is 4.28. The average Bonchev–Trinajstić information content (AvgIpc) is 3.21. The summed E-state index contributed by atoms with van der Waals surface area (Å²) in [6, 6.07) is 14.3. The SMILES string of the molecule is Cc1nn(-c2ccc(N3CCOCC3)nn2)c(C)c1CCC(=O)N1CCN(c2ccccc2)CC1. The number of rotatable bonds is 6. The maximum absolute atomic E-state index is 12.9. The third-order valence-corrected chi connectivity index (χ3v) is 6.97. The van der Waals surface area contributed by atoms with Crippen molar-refractivity contribution in [2.75, 3.05) is 62.3 Å². The number of hydrogen-bond acceptors (Lipinski definition) is 7. The minimum Gasteiger partial charge on any atom is -0.378 e. The zero-order valence-corrected chi connectivity index (χ0v) is 20.6. The van der Waals surface area contributed by atoms with Crippen LogP contribution in [-0.2, 0) is 16.0 Å². The molecule has 1 amide bonds. The molecule has 2 aromatic heterocycles. The van der Waals surface area contributed by atoms with Crippen molar-refractivity contribution in [3.8, 4) is 5.82 Å². The second-order valence-corrected chi connectivity index (χ2v) is 9.11. The standard InChI is InChI=1S/C26H33N7O2/c1-20-23(8-11-26(34)32-14-12-30(13-15-32)22-6-4-3-5-7-22)21(2)33(29-20)25-10-9-24(27-28-25)31-16-18-35-19-17-31/h3-7,9-10H,8,11-19H2,1-2H3. The van der Waals surface area contributed by atoms with Gasteiger partial charge in [0.2, 0.25) is 5.91 Å². The maximum Gasteiger partial charge on any atom is 0.223 e. The number of nitrogens with zero attached hydrogens (tertiary/aromatic N) is 7. The number of hydrogen-bond donors (Lipinski definition) is 0. The summed E-state index contributed by atoms with van der Waals surface area (Å²) in [4.78, 5) is 19.5. The monoisotopic (exact) mass is 475 g/mol. The third kappa shape index (κ3) is 5.14. The van der Waals surface area contributed by atoms with Crippen molar-refractivity contribution < 1.29 is 9.53 Å². The van der Waals surface area contributed by atoms with Gasteiger partial charge in [0.05, 0.1) is 18.9 Å². The van der Waals surface area contributed by atoms with Gasteiger partial charge in [-0.05, 0) is 50.1 Å². The molecule has 2 fully saturated rings. The van der Waals surface area contributed by atoms with Crippen molar-refractivity contribution in [3.05, 3.63) is 59.4 Å². The van der Waals surface area contributed by atoms with Crippen LogP contribution in [-0.4, -0.2) is 83.3 Å². The van der Waals surface area contributed by atoms with Gasteiger partial charge in [0.15, 0.2) is 11.6 Å². The van der Waals surface area contributed by atoms with E-state index in [0.717, 1.165) is 62.0 Å². The van der Waals surface area contributed by atoms with E-state index in [1.165, 1.54) is 5.69 Å². The molecular weight excluding hydrogens is 442 g/mol.